The van der Waals surface area contributed by atoms with E-state index in [1.54, 1.807) is 30.3 Å². The Labute approximate surface area is 188 Å². The Morgan fingerprint density at radius 2 is 1.87 bits per heavy atom. The molecule has 3 rings (SSSR count). The Morgan fingerprint density at radius 3 is 2.55 bits per heavy atom. The van der Waals surface area contributed by atoms with Crippen molar-refractivity contribution in [3.8, 4) is 23.1 Å². The minimum atomic E-state index is -1.07. The maximum atomic E-state index is 14.3. The van der Waals surface area contributed by atoms with Gasteiger partial charge in [-0.3, -0.25) is 4.79 Å². The van der Waals surface area contributed by atoms with Crippen LogP contribution in [0.5, 0.6) is 23.1 Å². The number of phenols is 1. The third-order valence-electron chi connectivity index (χ3n) is 4.21. The summed E-state index contributed by atoms with van der Waals surface area (Å²) in [6, 6.07) is 13.3. The van der Waals surface area contributed by atoms with Gasteiger partial charge in [-0.2, -0.15) is 9.37 Å². The fraction of sp³-hybridized carbons (Fsp3) is 0.182. The summed E-state index contributed by atoms with van der Waals surface area (Å²) in [4.78, 5) is 15.6. The fourth-order valence-electron chi connectivity index (χ4n) is 2.69. The summed E-state index contributed by atoms with van der Waals surface area (Å²) in [5.41, 5.74) is 1.21. The molecule has 0 atom stereocenters. The van der Waals surface area contributed by atoms with Crippen LogP contribution in [0.2, 0.25) is 10.0 Å². The number of amides is 1. The van der Waals surface area contributed by atoms with E-state index in [4.69, 9.17) is 32.7 Å². The highest BCUT2D eigenvalue weighted by Gasteiger charge is 2.22. The lowest BCUT2D eigenvalue weighted by Gasteiger charge is -2.15. The summed E-state index contributed by atoms with van der Waals surface area (Å²) in [6.45, 7) is 3.34. The maximum absolute atomic E-state index is 14.3. The van der Waals surface area contributed by atoms with Crippen LogP contribution in [0.15, 0.2) is 48.5 Å². The van der Waals surface area contributed by atoms with Crippen LogP contribution in [-0.4, -0.2) is 22.6 Å². The van der Waals surface area contributed by atoms with E-state index in [-0.39, 0.29) is 34.1 Å². The summed E-state index contributed by atoms with van der Waals surface area (Å²) >= 11 is 12.3. The molecule has 31 heavy (non-hydrogen) atoms. The van der Waals surface area contributed by atoms with Crippen LogP contribution < -0.4 is 14.8 Å². The van der Waals surface area contributed by atoms with Crippen molar-refractivity contribution >= 4 is 34.8 Å². The van der Waals surface area contributed by atoms with E-state index >= 15 is 0 Å². The molecule has 0 radical (unpaired) electrons. The number of aromatic nitrogens is 1. The van der Waals surface area contributed by atoms with Crippen molar-refractivity contribution in [3.05, 3.63) is 70.1 Å². The Kier molecular flexibility index (Phi) is 7.20. The van der Waals surface area contributed by atoms with Gasteiger partial charge >= 0.3 is 0 Å². The van der Waals surface area contributed by atoms with E-state index in [1.807, 2.05) is 19.9 Å². The van der Waals surface area contributed by atoms with Crippen LogP contribution in [-0.2, 0) is 4.79 Å². The second-order valence-electron chi connectivity index (χ2n) is 6.85. The highest BCUT2D eigenvalue weighted by Crippen LogP contribution is 2.43. The minimum absolute atomic E-state index is 0.0192. The first-order valence-electron chi connectivity index (χ1n) is 9.29. The zero-order valence-corrected chi connectivity index (χ0v) is 18.2. The molecular formula is C22H19Cl2FN2O4. The smallest absolute Gasteiger partial charge is 0.262 e. The number of rotatable bonds is 7. The van der Waals surface area contributed by atoms with E-state index in [0.29, 0.717) is 11.3 Å². The summed E-state index contributed by atoms with van der Waals surface area (Å²) < 4.78 is 25.2. The van der Waals surface area contributed by atoms with Crippen molar-refractivity contribution in [3.63, 3.8) is 0 Å². The minimum Gasteiger partial charge on any atom is -0.508 e. The zero-order valence-electron chi connectivity index (χ0n) is 16.7. The van der Waals surface area contributed by atoms with Gasteiger partial charge in [0.05, 0.1) is 0 Å². The molecule has 1 amide bonds. The monoisotopic (exact) mass is 464 g/mol. The summed E-state index contributed by atoms with van der Waals surface area (Å²) in [5, 5.41) is 11.9. The number of ether oxygens (including phenoxy) is 2. The lowest BCUT2D eigenvalue weighted by Crippen LogP contribution is -2.20. The molecule has 1 heterocycles. The van der Waals surface area contributed by atoms with E-state index in [0.717, 1.165) is 0 Å². The number of hydrogen-bond acceptors (Lipinski definition) is 5. The molecule has 9 heteroatoms. The zero-order chi connectivity index (χ0) is 22.5. The number of aromatic hydroxyl groups is 1. The first-order chi connectivity index (χ1) is 14.8. The second-order valence-corrected chi connectivity index (χ2v) is 7.60. The van der Waals surface area contributed by atoms with Crippen LogP contribution in [0.3, 0.4) is 0 Å². The largest absolute Gasteiger partial charge is 0.508 e. The average molecular weight is 465 g/mol. The molecule has 0 unspecified atom stereocenters. The Morgan fingerprint density at radius 1 is 1.16 bits per heavy atom. The number of halogens is 3. The average Bonchev–Trinajstić information content (AvgIpc) is 2.74. The number of anilines is 1. The number of nitrogens with zero attached hydrogens (tertiary/aromatic N) is 1. The van der Waals surface area contributed by atoms with Crippen molar-refractivity contribution in [2.45, 2.75) is 19.8 Å². The highest BCUT2D eigenvalue weighted by molar-refractivity contribution is 6.37. The maximum Gasteiger partial charge on any atom is 0.262 e. The summed E-state index contributed by atoms with van der Waals surface area (Å²) in [6.07, 6.45) is 0. The molecule has 3 aromatic rings. The van der Waals surface area contributed by atoms with Crippen LogP contribution in [0.1, 0.15) is 25.3 Å². The number of nitrogens with one attached hydrogen (secondary N) is 1. The van der Waals surface area contributed by atoms with Gasteiger partial charge in [0.2, 0.25) is 11.8 Å². The van der Waals surface area contributed by atoms with E-state index < -0.39 is 23.5 Å². The first kappa shape index (κ1) is 22.7. The number of para-hydroxylation sites is 1. The third-order valence-corrected chi connectivity index (χ3v) is 4.87. The van der Waals surface area contributed by atoms with Gasteiger partial charge in [0, 0.05) is 11.3 Å². The lowest BCUT2D eigenvalue weighted by molar-refractivity contribution is -0.118. The molecule has 0 bridgehead atoms. The van der Waals surface area contributed by atoms with Gasteiger partial charge in [0.15, 0.2) is 12.4 Å². The number of carbonyl (C=O) groups is 1. The number of carbonyl (C=O) groups excluding carboxylic acids is 1. The molecule has 0 aliphatic rings. The van der Waals surface area contributed by atoms with Gasteiger partial charge in [0.25, 0.3) is 5.91 Å². The number of benzene rings is 2. The predicted octanol–water partition coefficient (Wildman–Crippen LogP) is 6.17. The highest BCUT2D eigenvalue weighted by atomic mass is 35.5. The number of hydrogen-bond donors (Lipinski definition) is 2. The van der Waals surface area contributed by atoms with Gasteiger partial charge in [-0.15, -0.1) is 0 Å². The molecule has 0 saturated heterocycles. The molecule has 0 spiro atoms. The molecule has 0 aliphatic heterocycles. The molecule has 0 saturated carbocycles. The predicted molar refractivity (Wildman–Crippen MR) is 117 cm³/mol. The molecule has 2 N–H and O–H groups in total. The molecule has 2 aromatic carbocycles. The van der Waals surface area contributed by atoms with E-state index in [9.17, 15) is 14.3 Å². The number of pyridine rings is 1. The van der Waals surface area contributed by atoms with Crippen LogP contribution in [0.25, 0.3) is 0 Å². The second kappa shape index (κ2) is 9.85. The Hall–Kier alpha value is -3.03. The fourth-order valence-corrected chi connectivity index (χ4v) is 3.14. The number of phenolic OH excluding ortho intramolecular Hbond substituents is 1. The van der Waals surface area contributed by atoms with Gasteiger partial charge in [0.1, 0.15) is 21.5 Å². The third kappa shape index (κ3) is 5.57. The Balaban J connectivity index is 1.80. The van der Waals surface area contributed by atoms with Crippen molar-refractivity contribution in [1.82, 2.24) is 4.98 Å². The molecule has 162 valence electrons. The van der Waals surface area contributed by atoms with Gasteiger partial charge in [-0.25, -0.2) is 0 Å². The first-order valence-corrected chi connectivity index (χ1v) is 10.0. The van der Waals surface area contributed by atoms with Crippen molar-refractivity contribution in [1.29, 1.82) is 0 Å². The molecular weight excluding hydrogens is 446 g/mol. The SMILES string of the molecule is CC(C)c1cc(Oc2c(Cl)c(F)nc(OCC(=O)Nc3ccccc3)c2Cl)ccc1O. The topological polar surface area (TPSA) is 80.7 Å². The van der Waals surface area contributed by atoms with Crippen LogP contribution >= 0.6 is 23.2 Å². The normalized spacial score (nSPS) is 10.8. The molecule has 1 aromatic heterocycles. The summed E-state index contributed by atoms with van der Waals surface area (Å²) in [5.74, 6) is -1.70. The lowest BCUT2D eigenvalue weighted by atomic mass is 10.0. The standard InChI is InChI=1S/C22H19Cl2FN2O4/c1-12(2)15-10-14(8-9-16(15)28)31-20-18(23)21(25)27-22(19(20)24)30-11-17(29)26-13-6-4-3-5-7-13/h3-10,12,28H,11H2,1-2H3,(H,26,29). The van der Waals surface area contributed by atoms with Gasteiger partial charge in [-0.1, -0.05) is 55.2 Å². The molecule has 0 aliphatic carbocycles. The summed E-state index contributed by atoms with van der Waals surface area (Å²) in [7, 11) is 0. The van der Waals surface area contributed by atoms with Crippen molar-refractivity contribution in [2.75, 3.05) is 11.9 Å². The Bertz CT molecular complexity index is 1090. The van der Waals surface area contributed by atoms with Crippen molar-refractivity contribution in [2.24, 2.45) is 0 Å². The molecule has 0 fully saturated rings. The van der Waals surface area contributed by atoms with Crippen LogP contribution in [0.4, 0.5) is 10.1 Å². The van der Waals surface area contributed by atoms with Gasteiger partial charge < -0.3 is 19.9 Å². The van der Waals surface area contributed by atoms with E-state index in [1.165, 1.54) is 12.1 Å². The van der Waals surface area contributed by atoms with E-state index in [2.05, 4.69) is 10.3 Å². The molecule has 6 nitrogen and oxygen atoms in total. The quantitative estimate of drug-likeness (QED) is 0.408. The van der Waals surface area contributed by atoms with Crippen molar-refractivity contribution < 1.29 is 23.8 Å². The van der Waals surface area contributed by atoms with Gasteiger partial charge in [-0.05, 0) is 36.2 Å². The van der Waals surface area contributed by atoms with Crippen LogP contribution in [0, 0.1) is 5.95 Å².